The van der Waals surface area contributed by atoms with Gasteiger partial charge in [-0.25, -0.2) is 13.2 Å². The number of benzene rings is 2. The molecule has 1 fully saturated rings. The third-order valence-electron chi connectivity index (χ3n) is 5.46. The van der Waals surface area contributed by atoms with Crippen LogP contribution >= 0.6 is 0 Å². The van der Waals surface area contributed by atoms with Gasteiger partial charge in [0.05, 0.1) is 22.6 Å². The minimum Gasteiger partial charge on any atom is -0.465 e. The molecule has 1 amide bonds. The highest BCUT2D eigenvalue weighted by Gasteiger charge is 2.59. The first-order valence-corrected chi connectivity index (χ1v) is 10.7. The number of β-amino-alcohol motifs (C(OH)–C–C–N with tert-alkyl or cyclic N) is 1. The molecule has 0 radical (unpaired) electrons. The monoisotopic (exact) mass is 458 g/mol. The number of aliphatic hydroxyl groups is 1. The third-order valence-corrected chi connectivity index (χ3v) is 8.01. The largest absolute Gasteiger partial charge is 0.465 e. The second-order valence-electron chi connectivity index (χ2n) is 7.42. The van der Waals surface area contributed by atoms with Crippen molar-refractivity contribution in [1.82, 2.24) is 10.6 Å². The van der Waals surface area contributed by atoms with Gasteiger partial charge in [-0.1, -0.05) is 29.8 Å². The number of halogens is 3. The Morgan fingerprint density at radius 3 is 2.19 bits per heavy atom. The molecule has 2 aromatic carbocycles. The number of aliphatic hydroxyl groups excluding tert-OH is 1. The summed E-state index contributed by atoms with van der Waals surface area (Å²) in [5.74, 6) is 0. The van der Waals surface area contributed by atoms with Crippen LogP contribution in [-0.2, 0) is 16.0 Å². The van der Waals surface area contributed by atoms with E-state index < -0.39 is 44.6 Å². The second kappa shape index (κ2) is 8.13. The van der Waals surface area contributed by atoms with Gasteiger partial charge < -0.3 is 20.8 Å². The van der Waals surface area contributed by atoms with Crippen molar-refractivity contribution in [2.45, 2.75) is 34.9 Å². The zero-order valence-corrected chi connectivity index (χ0v) is 17.2. The van der Waals surface area contributed by atoms with Crippen LogP contribution in [-0.4, -0.2) is 48.7 Å². The van der Waals surface area contributed by atoms with E-state index in [9.17, 15) is 36.6 Å². The fourth-order valence-electron chi connectivity index (χ4n) is 3.83. The number of carboxylic acid groups (broad SMARTS) is 1. The van der Waals surface area contributed by atoms with Crippen LogP contribution in [0.15, 0.2) is 53.4 Å². The van der Waals surface area contributed by atoms with Gasteiger partial charge in [0.15, 0.2) is 9.84 Å². The SMILES string of the molecule is Cc1ccc(S(=O)(=O)[C@@]2([C@H](NC(=O)O)c3ccc(C(F)(F)F)cc3)CNC[C@@H]2O)cc1. The van der Waals surface area contributed by atoms with Crippen molar-refractivity contribution in [3.8, 4) is 0 Å². The van der Waals surface area contributed by atoms with E-state index in [1.54, 1.807) is 19.1 Å². The zero-order valence-electron chi connectivity index (χ0n) is 16.3. The fraction of sp³-hybridized carbons (Fsp3) is 0.350. The van der Waals surface area contributed by atoms with E-state index in [0.29, 0.717) is 0 Å². The topological polar surface area (TPSA) is 116 Å². The first-order chi connectivity index (χ1) is 14.4. The molecule has 1 aliphatic rings. The Morgan fingerprint density at radius 1 is 1.16 bits per heavy atom. The Balaban J connectivity index is 2.19. The molecule has 2 aromatic rings. The molecular weight excluding hydrogens is 437 g/mol. The smallest absolute Gasteiger partial charge is 0.416 e. The summed E-state index contributed by atoms with van der Waals surface area (Å²) in [6.45, 7) is 1.31. The number of hydrogen-bond donors (Lipinski definition) is 4. The maximum atomic E-state index is 13.7. The molecular formula is C20H21F3N2O5S. The predicted molar refractivity (Wildman–Crippen MR) is 105 cm³/mol. The van der Waals surface area contributed by atoms with E-state index in [1.807, 2.05) is 0 Å². The van der Waals surface area contributed by atoms with Crippen molar-refractivity contribution in [1.29, 1.82) is 0 Å². The molecule has 3 rings (SSSR count). The summed E-state index contributed by atoms with van der Waals surface area (Å²) in [6.07, 6.45) is -7.73. The van der Waals surface area contributed by atoms with E-state index in [0.717, 1.165) is 29.8 Å². The van der Waals surface area contributed by atoms with Gasteiger partial charge in [0.25, 0.3) is 0 Å². The summed E-state index contributed by atoms with van der Waals surface area (Å²) >= 11 is 0. The van der Waals surface area contributed by atoms with Crippen LogP contribution in [0.4, 0.5) is 18.0 Å². The average molecular weight is 458 g/mol. The molecule has 0 spiro atoms. The van der Waals surface area contributed by atoms with Gasteiger partial charge in [-0.05, 0) is 36.8 Å². The Kier molecular flexibility index (Phi) is 6.05. The summed E-state index contributed by atoms with van der Waals surface area (Å²) < 4.78 is 64.2. The van der Waals surface area contributed by atoms with Gasteiger partial charge in [-0.3, -0.25) is 0 Å². The van der Waals surface area contributed by atoms with Crippen molar-refractivity contribution in [3.05, 3.63) is 65.2 Å². The summed E-state index contributed by atoms with van der Waals surface area (Å²) in [4.78, 5) is 11.4. The third kappa shape index (κ3) is 4.12. The highest BCUT2D eigenvalue weighted by Crippen LogP contribution is 2.42. The fourth-order valence-corrected chi connectivity index (χ4v) is 6.00. The van der Waals surface area contributed by atoms with Gasteiger partial charge in [0.1, 0.15) is 4.75 Å². The first kappa shape index (κ1) is 23.0. The Bertz CT molecular complexity index is 1060. The van der Waals surface area contributed by atoms with E-state index in [4.69, 9.17) is 0 Å². The second-order valence-corrected chi connectivity index (χ2v) is 9.66. The number of carbonyl (C=O) groups is 1. The number of aryl methyl sites for hydroxylation is 1. The number of rotatable bonds is 5. The first-order valence-electron chi connectivity index (χ1n) is 9.26. The number of amides is 1. The maximum Gasteiger partial charge on any atom is 0.416 e. The number of hydrogen-bond acceptors (Lipinski definition) is 5. The molecule has 4 N–H and O–H groups in total. The van der Waals surface area contributed by atoms with Crippen molar-refractivity contribution in [3.63, 3.8) is 0 Å². The molecule has 0 saturated carbocycles. The van der Waals surface area contributed by atoms with Crippen LogP contribution in [0.1, 0.15) is 22.7 Å². The van der Waals surface area contributed by atoms with Gasteiger partial charge >= 0.3 is 12.3 Å². The van der Waals surface area contributed by atoms with Gasteiger partial charge in [-0.2, -0.15) is 13.2 Å². The normalized spacial score (nSPS) is 22.8. The Morgan fingerprint density at radius 2 is 1.74 bits per heavy atom. The van der Waals surface area contributed by atoms with Crippen LogP contribution < -0.4 is 10.6 Å². The molecule has 0 bridgehead atoms. The standard InChI is InChI=1S/C20H21F3N2O5S/c1-12-2-8-15(9-3-12)31(29,30)19(11-24-10-16(19)26)17(25-18(27)28)13-4-6-14(7-5-13)20(21,22)23/h2-9,16-17,24-26H,10-11H2,1H3,(H,27,28)/t16-,17+,19-/m0/s1. The minimum atomic E-state index is -4.62. The lowest BCUT2D eigenvalue weighted by Crippen LogP contribution is -2.58. The molecule has 7 nitrogen and oxygen atoms in total. The minimum absolute atomic E-state index is 0.0196. The summed E-state index contributed by atoms with van der Waals surface area (Å²) in [6, 6.07) is 7.80. The van der Waals surface area contributed by atoms with E-state index >= 15 is 0 Å². The highest BCUT2D eigenvalue weighted by molar-refractivity contribution is 7.93. The van der Waals surface area contributed by atoms with Crippen molar-refractivity contribution >= 4 is 15.9 Å². The predicted octanol–water partition coefficient (Wildman–Crippen LogP) is 2.50. The molecule has 0 aromatic heterocycles. The van der Waals surface area contributed by atoms with Gasteiger partial charge in [0.2, 0.25) is 0 Å². The Hall–Kier alpha value is -2.63. The quantitative estimate of drug-likeness (QED) is 0.547. The maximum absolute atomic E-state index is 13.7. The van der Waals surface area contributed by atoms with Gasteiger partial charge in [-0.15, -0.1) is 0 Å². The highest BCUT2D eigenvalue weighted by atomic mass is 32.2. The lowest BCUT2D eigenvalue weighted by Gasteiger charge is -2.39. The molecule has 11 heteroatoms. The lowest BCUT2D eigenvalue weighted by atomic mass is 9.89. The van der Waals surface area contributed by atoms with Crippen molar-refractivity contribution in [2.24, 2.45) is 0 Å². The number of alkyl halides is 3. The van der Waals surface area contributed by atoms with Crippen LogP contribution in [0.5, 0.6) is 0 Å². The van der Waals surface area contributed by atoms with Gasteiger partial charge in [0, 0.05) is 13.1 Å². The average Bonchev–Trinajstić information content (AvgIpc) is 3.08. The van der Waals surface area contributed by atoms with E-state index in [2.05, 4.69) is 10.6 Å². The lowest BCUT2D eigenvalue weighted by molar-refractivity contribution is -0.137. The van der Waals surface area contributed by atoms with E-state index in [-0.39, 0.29) is 23.5 Å². The van der Waals surface area contributed by atoms with Crippen molar-refractivity contribution < 1.29 is 36.6 Å². The van der Waals surface area contributed by atoms with E-state index in [1.165, 1.54) is 12.1 Å². The van der Waals surface area contributed by atoms with Crippen LogP contribution in [0.2, 0.25) is 0 Å². The van der Waals surface area contributed by atoms with Crippen molar-refractivity contribution in [2.75, 3.05) is 13.1 Å². The molecule has 168 valence electrons. The van der Waals surface area contributed by atoms with Crippen LogP contribution in [0.3, 0.4) is 0 Å². The van der Waals surface area contributed by atoms with Crippen LogP contribution in [0, 0.1) is 6.92 Å². The summed E-state index contributed by atoms with van der Waals surface area (Å²) in [5, 5.41) is 25.0. The Labute approximate surface area is 176 Å². The molecule has 1 heterocycles. The molecule has 1 aliphatic heterocycles. The zero-order chi connectivity index (χ0) is 23.0. The molecule has 3 atom stereocenters. The molecule has 0 aliphatic carbocycles. The number of nitrogens with one attached hydrogen (secondary N) is 2. The summed E-state index contributed by atoms with van der Waals surface area (Å²) in [7, 11) is -4.36. The molecule has 31 heavy (non-hydrogen) atoms. The molecule has 0 unspecified atom stereocenters. The summed E-state index contributed by atoms with van der Waals surface area (Å²) in [5.41, 5.74) is -0.194. The van der Waals surface area contributed by atoms with Crippen LogP contribution in [0.25, 0.3) is 0 Å². The number of sulfone groups is 1. The molecule has 1 saturated heterocycles.